The largest absolute Gasteiger partial charge is 0.358 e. The molecule has 0 bridgehead atoms. The van der Waals surface area contributed by atoms with Gasteiger partial charge in [-0.05, 0) is 12.5 Å². The van der Waals surface area contributed by atoms with Crippen molar-refractivity contribution in [3.8, 4) is 0 Å². The summed E-state index contributed by atoms with van der Waals surface area (Å²) in [6, 6.07) is 0. The lowest BCUT2D eigenvalue weighted by Gasteiger charge is -2.19. The van der Waals surface area contributed by atoms with E-state index in [1.54, 1.807) is 0 Å². The minimum absolute atomic E-state index is 0.633. The van der Waals surface area contributed by atoms with Gasteiger partial charge in [0.1, 0.15) is 5.82 Å². The zero-order chi connectivity index (χ0) is 12.0. The Morgan fingerprint density at radius 3 is 2.56 bits per heavy atom. The Hall–Kier alpha value is -1.16. The first-order valence-electron chi connectivity index (χ1n) is 5.86. The molecule has 0 fully saturated rings. The van der Waals surface area contributed by atoms with Crippen molar-refractivity contribution in [1.82, 2.24) is 15.3 Å². The van der Waals surface area contributed by atoms with Gasteiger partial charge < -0.3 is 10.2 Å². The molecule has 1 aromatic heterocycles. The second-order valence-corrected chi connectivity index (χ2v) is 4.42. The van der Waals surface area contributed by atoms with Crippen LogP contribution in [0.5, 0.6) is 0 Å². The van der Waals surface area contributed by atoms with Gasteiger partial charge in [0.25, 0.3) is 0 Å². The molecule has 0 unspecified atom stereocenters. The average Bonchev–Trinajstić information content (AvgIpc) is 2.26. The zero-order valence-corrected chi connectivity index (χ0v) is 10.7. The molecule has 16 heavy (non-hydrogen) atoms. The summed E-state index contributed by atoms with van der Waals surface area (Å²) in [6.07, 6.45) is 3.68. The Morgan fingerprint density at radius 2 is 2.06 bits per heavy atom. The standard InChI is InChI=1S/C12H22N4/c1-5-13-6-11-7-15-12(8-14-11)16(4)9-10(2)3/h7-8,10,13H,5-6,9H2,1-4H3. The van der Waals surface area contributed by atoms with Crippen LogP contribution in [0.4, 0.5) is 5.82 Å². The molecule has 0 saturated carbocycles. The van der Waals surface area contributed by atoms with Crippen LogP contribution >= 0.6 is 0 Å². The van der Waals surface area contributed by atoms with E-state index < -0.39 is 0 Å². The number of rotatable bonds is 6. The highest BCUT2D eigenvalue weighted by Crippen LogP contribution is 2.08. The summed E-state index contributed by atoms with van der Waals surface area (Å²) in [4.78, 5) is 10.9. The Kier molecular flexibility index (Phi) is 5.19. The van der Waals surface area contributed by atoms with E-state index in [1.807, 2.05) is 19.4 Å². The molecular formula is C12H22N4. The fourth-order valence-corrected chi connectivity index (χ4v) is 1.53. The molecule has 0 atom stereocenters. The number of nitrogens with zero attached hydrogens (tertiary/aromatic N) is 3. The van der Waals surface area contributed by atoms with Gasteiger partial charge in [-0.2, -0.15) is 0 Å². The van der Waals surface area contributed by atoms with Gasteiger partial charge in [-0.15, -0.1) is 0 Å². The summed E-state index contributed by atoms with van der Waals surface area (Å²) >= 11 is 0. The van der Waals surface area contributed by atoms with E-state index in [2.05, 4.69) is 41.0 Å². The van der Waals surface area contributed by atoms with Crippen LogP contribution in [0.25, 0.3) is 0 Å². The number of hydrogen-bond donors (Lipinski definition) is 1. The van der Waals surface area contributed by atoms with E-state index >= 15 is 0 Å². The lowest BCUT2D eigenvalue weighted by atomic mass is 10.2. The SMILES string of the molecule is CCNCc1cnc(N(C)CC(C)C)cn1. The number of hydrogen-bond acceptors (Lipinski definition) is 4. The first-order chi connectivity index (χ1) is 7.63. The first kappa shape index (κ1) is 12.9. The van der Waals surface area contributed by atoms with Crippen LogP contribution in [0.2, 0.25) is 0 Å². The highest BCUT2D eigenvalue weighted by molar-refractivity contribution is 5.34. The summed E-state index contributed by atoms with van der Waals surface area (Å²) in [5.41, 5.74) is 0.989. The molecule has 0 aromatic carbocycles. The maximum atomic E-state index is 4.41. The maximum absolute atomic E-state index is 4.41. The second kappa shape index (κ2) is 6.43. The summed E-state index contributed by atoms with van der Waals surface area (Å²) in [6.45, 7) is 9.22. The summed E-state index contributed by atoms with van der Waals surface area (Å²) in [5, 5.41) is 3.23. The van der Waals surface area contributed by atoms with Crippen LogP contribution in [0.15, 0.2) is 12.4 Å². The van der Waals surface area contributed by atoms with Crippen LogP contribution in [-0.4, -0.2) is 30.1 Å². The summed E-state index contributed by atoms with van der Waals surface area (Å²) in [5.74, 6) is 1.57. The van der Waals surface area contributed by atoms with Gasteiger partial charge in [0.15, 0.2) is 0 Å². The third-order valence-corrected chi connectivity index (χ3v) is 2.28. The molecule has 4 nitrogen and oxygen atoms in total. The molecule has 4 heteroatoms. The Labute approximate surface area is 98.1 Å². The molecule has 90 valence electrons. The highest BCUT2D eigenvalue weighted by Gasteiger charge is 2.05. The lowest BCUT2D eigenvalue weighted by Crippen LogP contribution is -2.24. The van der Waals surface area contributed by atoms with Crippen LogP contribution < -0.4 is 10.2 Å². The molecule has 0 aliphatic heterocycles. The molecular weight excluding hydrogens is 200 g/mol. The molecule has 0 aliphatic rings. The fraction of sp³-hybridized carbons (Fsp3) is 0.667. The second-order valence-electron chi connectivity index (χ2n) is 4.42. The number of nitrogens with one attached hydrogen (secondary N) is 1. The Balaban J connectivity index is 2.56. The Bertz CT molecular complexity index is 294. The molecule has 0 radical (unpaired) electrons. The molecule has 1 heterocycles. The van der Waals surface area contributed by atoms with Crippen molar-refractivity contribution in [2.24, 2.45) is 5.92 Å². The van der Waals surface area contributed by atoms with E-state index in [0.717, 1.165) is 31.1 Å². The smallest absolute Gasteiger partial charge is 0.146 e. The molecule has 0 amide bonds. The van der Waals surface area contributed by atoms with Crippen molar-refractivity contribution in [1.29, 1.82) is 0 Å². The van der Waals surface area contributed by atoms with Crippen LogP contribution in [0.1, 0.15) is 26.5 Å². The molecule has 1 aromatic rings. The van der Waals surface area contributed by atoms with Crippen molar-refractivity contribution >= 4 is 5.82 Å². The monoisotopic (exact) mass is 222 g/mol. The van der Waals surface area contributed by atoms with Crippen LogP contribution in [-0.2, 0) is 6.54 Å². The predicted molar refractivity (Wildman–Crippen MR) is 67.5 cm³/mol. The maximum Gasteiger partial charge on any atom is 0.146 e. The Morgan fingerprint density at radius 1 is 1.31 bits per heavy atom. The van der Waals surface area contributed by atoms with Gasteiger partial charge in [-0.1, -0.05) is 20.8 Å². The number of aromatic nitrogens is 2. The van der Waals surface area contributed by atoms with E-state index in [0.29, 0.717) is 5.92 Å². The zero-order valence-electron chi connectivity index (χ0n) is 10.7. The van der Waals surface area contributed by atoms with Crippen molar-refractivity contribution in [2.75, 3.05) is 25.0 Å². The van der Waals surface area contributed by atoms with Gasteiger partial charge in [0.2, 0.25) is 0 Å². The lowest BCUT2D eigenvalue weighted by molar-refractivity contribution is 0.632. The third kappa shape index (κ3) is 4.14. The minimum atomic E-state index is 0.633. The highest BCUT2D eigenvalue weighted by atomic mass is 15.2. The quantitative estimate of drug-likeness (QED) is 0.795. The van der Waals surface area contributed by atoms with Gasteiger partial charge >= 0.3 is 0 Å². The predicted octanol–water partition coefficient (Wildman–Crippen LogP) is 1.68. The molecule has 0 saturated heterocycles. The van der Waals surface area contributed by atoms with Crippen LogP contribution in [0, 0.1) is 5.92 Å². The van der Waals surface area contributed by atoms with Crippen LogP contribution in [0.3, 0.4) is 0 Å². The van der Waals surface area contributed by atoms with Crippen molar-refractivity contribution in [3.05, 3.63) is 18.1 Å². The van der Waals surface area contributed by atoms with E-state index in [1.165, 1.54) is 0 Å². The molecule has 0 spiro atoms. The topological polar surface area (TPSA) is 41.1 Å². The van der Waals surface area contributed by atoms with Crippen molar-refractivity contribution in [2.45, 2.75) is 27.3 Å². The first-order valence-corrected chi connectivity index (χ1v) is 5.86. The molecule has 0 aliphatic carbocycles. The summed E-state index contributed by atoms with van der Waals surface area (Å²) in [7, 11) is 2.05. The van der Waals surface area contributed by atoms with Gasteiger partial charge in [0, 0.05) is 20.1 Å². The number of anilines is 1. The normalized spacial score (nSPS) is 10.8. The van der Waals surface area contributed by atoms with Gasteiger partial charge in [-0.25, -0.2) is 4.98 Å². The molecule has 1 rings (SSSR count). The van der Waals surface area contributed by atoms with E-state index in [9.17, 15) is 0 Å². The molecule has 1 N–H and O–H groups in total. The van der Waals surface area contributed by atoms with Crippen molar-refractivity contribution in [3.63, 3.8) is 0 Å². The van der Waals surface area contributed by atoms with E-state index in [4.69, 9.17) is 0 Å². The van der Waals surface area contributed by atoms with Gasteiger partial charge in [-0.3, -0.25) is 4.98 Å². The fourth-order valence-electron chi connectivity index (χ4n) is 1.53. The third-order valence-electron chi connectivity index (χ3n) is 2.28. The average molecular weight is 222 g/mol. The summed E-state index contributed by atoms with van der Waals surface area (Å²) < 4.78 is 0. The van der Waals surface area contributed by atoms with Gasteiger partial charge in [0.05, 0.1) is 18.1 Å². The van der Waals surface area contributed by atoms with Crippen molar-refractivity contribution < 1.29 is 0 Å². The van der Waals surface area contributed by atoms with E-state index in [-0.39, 0.29) is 0 Å². The minimum Gasteiger partial charge on any atom is -0.358 e.